The Morgan fingerprint density at radius 3 is 2.46 bits per heavy atom. The lowest BCUT2D eigenvalue weighted by Gasteiger charge is -2.23. The van der Waals surface area contributed by atoms with E-state index in [2.05, 4.69) is 19.2 Å². The van der Waals surface area contributed by atoms with Crippen molar-refractivity contribution in [2.24, 2.45) is 0 Å². The van der Waals surface area contributed by atoms with Crippen molar-refractivity contribution in [3.63, 3.8) is 0 Å². The predicted molar refractivity (Wildman–Crippen MR) is 51.9 cm³/mol. The first-order chi connectivity index (χ1) is 5.77. The highest BCUT2D eigenvalue weighted by Crippen LogP contribution is 2.21. The molecular weight excluding hydrogens is 214 g/mol. The van der Waals surface area contributed by atoms with E-state index in [4.69, 9.17) is 4.55 Å². The molecule has 1 atom stereocenters. The van der Waals surface area contributed by atoms with Crippen molar-refractivity contribution in [3.8, 4) is 0 Å². The molecule has 0 aliphatic heterocycles. The van der Waals surface area contributed by atoms with Crippen molar-refractivity contribution in [1.82, 2.24) is 5.32 Å². The van der Waals surface area contributed by atoms with Crippen LogP contribution in [0.1, 0.15) is 13.3 Å². The second-order valence-corrected chi connectivity index (χ2v) is 5.02. The van der Waals surface area contributed by atoms with E-state index in [1.165, 1.54) is 6.92 Å². The molecule has 0 aliphatic rings. The second-order valence-electron chi connectivity index (χ2n) is 2.31. The molecule has 0 aromatic carbocycles. The van der Waals surface area contributed by atoms with Crippen LogP contribution >= 0.6 is 12.6 Å². The van der Waals surface area contributed by atoms with Crippen LogP contribution in [0.3, 0.4) is 0 Å². The second kappa shape index (κ2) is 4.12. The van der Waals surface area contributed by atoms with Gasteiger partial charge in [-0.15, -0.1) is 12.6 Å². The number of rotatable bonds is 4. The highest BCUT2D eigenvalue weighted by molar-refractivity contribution is 8.03. The Hall–Kier alpha value is -0.530. The van der Waals surface area contributed by atoms with Crippen molar-refractivity contribution >= 4 is 28.7 Å². The maximum absolute atomic E-state index is 10.8. The van der Waals surface area contributed by atoms with E-state index in [0.717, 1.165) is 6.08 Å². The largest absolute Gasteiger partial charge is 0.323 e. The zero-order valence-electron chi connectivity index (χ0n) is 7.02. The molecule has 0 aliphatic carbocycles. The van der Waals surface area contributed by atoms with Crippen molar-refractivity contribution in [3.05, 3.63) is 12.7 Å². The van der Waals surface area contributed by atoms with Crippen LogP contribution in [-0.2, 0) is 14.9 Å². The van der Waals surface area contributed by atoms with Gasteiger partial charge in [0.25, 0.3) is 10.1 Å². The number of nitrogens with one attached hydrogen (secondary N) is 1. The standard InChI is InChI=1S/C6H11NO4S2/c1-3-5(8)7-6(12,4-2)13(9,10)11/h3,12H,1,4H2,2H3,(H,7,8)(H,9,10,11). The normalized spacial score (nSPS) is 15.9. The minimum absolute atomic E-state index is 0.0610. The van der Waals surface area contributed by atoms with E-state index in [9.17, 15) is 13.2 Å². The Balaban J connectivity index is 4.87. The van der Waals surface area contributed by atoms with Crippen molar-refractivity contribution in [2.75, 3.05) is 0 Å². The molecule has 2 N–H and O–H groups in total. The molecule has 76 valence electrons. The average Bonchev–Trinajstić information content (AvgIpc) is 2.02. The molecule has 5 nitrogen and oxygen atoms in total. The number of amides is 1. The number of carbonyl (C=O) groups is 1. The highest BCUT2D eigenvalue weighted by atomic mass is 32.3. The Bertz CT molecular complexity index is 311. The fourth-order valence-corrected chi connectivity index (χ4v) is 1.28. The summed E-state index contributed by atoms with van der Waals surface area (Å²) in [6.07, 6.45) is 0.834. The van der Waals surface area contributed by atoms with E-state index in [-0.39, 0.29) is 6.42 Å². The molecule has 7 heteroatoms. The first kappa shape index (κ1) is 12.5. The van der Waals surface area contributed by atoms with Crippen molar-refractivity contribution in [1.29, 1.82) is 0 Å². The summed E-state index contributed by atoms with van der Waals surface area (Å²) in [7, 11) is -4.44. The molecule has 0 spiro atoms. The summed E-state index contributed by atoms with van der Waals surface area (Å²) in [4.78, 5) is 10.8. The molecular formula is C6H11NO4S2. The van der Waals surface area contributed by atoms with Crippen LogP contribution in [0.2, 0.25) is 0 Å². The van der Waals surface area contributed by atoms with Crippen LogP contribution < -0.4 is 5.32 Å². The molecule has 0 heterocycles. The smallest absolute Gasteiger partial charge is 0.298 e. The third kappa shape index (κ3) is 3.02. The van der Waals surface area contributed by atoms with E-state index in [1.54, 1.807) is 0 Å². The Kier molecular flexibility index (Phi) is 3.95. The van der Waals surface area contributed by atoms with Gasteiger partial charge in [0, 0.05) is 0 Å². The minimum atomic E-state index is -4.44. The number of carbonyl (C=O) groups excluding carboxylic acids is 1. The fraction of sp³-hybridized carbons (Fsp3) is 0.500. The highest BCUT2D eigenvalue weighted by Gasteiger charge is 2.38. The van der Waals surface area contributed by atoms with E-state index >= 15 is 0 Å². The predicted octanol–water partition coefficient (Wildman–Crippen LogP) is 0.170. The summed E-state index contributed by atoms with van der Waals surface area (Å²) in [5.74, 6) is -0.713. The topological polar surface area (TPSA) is 83.5 Å². The maximum atomic E-state index is 10.8. The van der Waals surface area contributed by atoms with Gasteiger partial charge in [-0.2, -0.15) is 8.42 Å². The minimum Gasteiger partial charge on any atom is -0.323 e. The third-order valence-corrected chi connectivity index (χ3v) is 3.77. The Morgan fingerprint density at radius 2 is 2.23 bits per heavy atom. The molecule has 0 aromatic heterocycles. The van der Waals surface area contributed by atoms with Gasteiger partial charge in [0.15, 0.2) is 0 Å². The van der Waals surface area contributed by atoms with Crippen LogP contribution in [0.5, 0.6) is 0 Å². The summed E-state index contributed by atoms with van der Waals surface area (Å²) in [5, 5.41) is 2.00. The molecule has 0 rings (SSSR count). The summed E-state index contributed by atoms with van der Waals surface area (Å²) >= 11 is 3.67. The lowest BCUT2D eigenvalue weighted by molar-refractivity contribution is -0.117. The van der Waals surface area contributed by atoms with E-state index < -0.39 is 20.2 Å². The fourth-order valence-electron chi connectivity index (χ4n) is 0.579. The zero-order chi connectivity index (χ0) is 10.7. The summed E-state index contributed by atoms with van der Waals surface area (Å²) in [5.41, 5.74) is 0. The number of hydrogen-bond acceptors (Lipinski definition) is 4. The van der Waals surface area contributed by atoms with E-state index in [0.29, 0.717) is 0 Å². The van der Waals surface area contributed by atoms with Crippen molar-refractivity contribution < 1.29 is 17.8 Å². The monoisotopic (exact) mass is 225 g/mol. The molecule has 1 amide bonds. The van der Waals surface area contributed by atoms with Crippen molar-refractivity contribution in [2.45, 2.75) is 17.5 Å². The third-order valence-electron chi connectivity index (χ3n) is 1.41. The lowest BCUT2D eigenvalue weighted by Crippen LogP contribution is -2.48. The van der Waals surface area contributed by atoms with Crippen LogP contribution in [0.15, 0.2) is 12.7 Å². The Morgan fingerprint density at radius 1 is 1.77 bits per heavy atom. The molecule has 0 aromatic rings. The van der Waals surface area contributed by atoms with Gasteiger partial charge in [-0.3, -0.25) is 9.35 Å². The molecule has 0 saturated carbocycles. The Labute approximate surface area is 82.4 Å². The molecule has 0 bridgehead atoms. The first-order valence-electron chi connectivity index (χ1n) is 3.41. The summed E-state index contributed by atoms with van der Waals surface area (Å²) in [6, 6.07) is 0. The lowest BCUT2D eigenvalue weighted by atomic mass is 10.4. The molecule has 0 radical (unpaired) electrons. The van der Waals surface area contributed by atoms with Gasteiger partial charge in [0.1, 0.15) is 0 Å². The van der Waals surface area contributed by atoms with Gasteiger partial charge in [-0.1, -0.05) is 13.5 Å². The van der Waals surface area contributed by atoms with Crippen LogP contribution in [0.4, 0.5) is 0 Å². The molecule has 1 unspecified atom stereocenters. The quantitative estimate of drug-likeness (QED) is 0.276. The summed E-state index contributed by atoms with van der Waals surface area (Å²) < 4.78 is 28.3. The van der Waals surface area contributed by atoms with Crippen LogP contribution in [0.25, 0.3) is 0 Å². The van der Waals surface area contributed by atoms with Gasteiger partial charge >= 0.3 is 0 Å². The van der Waals surface area contributed by atoms with E-state index in [1.807, 2.05) is 5.32 Å². The average molecular weight is 225 g/mol. The number of hydrogen-bond donors (Lipinski definition) is 3. The zero-order valence-corrected chi connectivity index (χ0v) is 8.73. The van der Waals surface area contributed by atoms with Gasteiger partial charge in [0.05, 0.1) is 0 Å². The number of thiol groups is 1. The van der Waals surface area contributed by atoms with Crippen LogP contribution in [0, 0.1) is 0 Å². The van der Waals surface area contributed by atoms with Crippen LogP contribution in [-0.4, -0.2) is 23.1 Å². The molecule has 13 heavy (non-hydrogen) atoms. The maximum Gasteiger partial charge on any atom is 0.298 e. The summed E-state index contributed by atoms with van der Waals surface area (Å²) in [6.45, 7) is 4.60. The van der Waals surface area contributed by atoms with Gasteiger partial charge < -0.3 is 5.32 Å². The van der Waals surface area contributed by atoms with Gasteiger partial charge in [-0.05, 0) is 12.5 Å². The molecule has 0 fully saturated rings. The van der Waals surface area contributed by atoms with Gasteiger partial charge in [0.2, 0.25) is 10.1 Å². The van der Waals surface area contributed by atoms with Gasteiger partial charge in [-0.25, -0.2) is 0 Å². The first-order valence-corrected chi connectivity index (χ1v) is 5.29. The SMILES string of the molecule is C=CC(=O)NC(S)(CC)S(=O)(=O)O. The molecule has 0 saturated heterocycles.